The Bertz CT molecular complexity index is 795. The van der Waals surface area contributed by atoms with Gasteiger partial charge in [0.25, 0.3) is 0 Å². The van der Waals surface area contributed by atoms with Crippen molar-refractivity contribution in [1.82, 2.24) is 15.1 Å². The van der Waals surface area contributed by atoms with Crippen LogP contribution >= 0.6 is 0 Å². The molecule has 4 rings (SSSR count). The highest BCUT2D eigenvalue weighted by molar-refractivity contribution is 5.79. The maximum absolute atomic E-state index is 12.7. The van der Waals surface area contributed by atoms with Gasteiger partial charge in [0.1, 0.15) is 6.61 Å². The van der Waals surface area contributed by atoms with Gasteiger partial charge in [0.2, 0.25) is 5.91 Å². The van der Waals surface area contributed by atoms with E-state index in [-0.39, 0.29) is 42.9 Å². The Morgan fingerprint density at radius 1 is 1.20 bits per heavy atom. The first kappa shape index (κ1) is 20.9. The van der Waals surface area contributed by atoms with Crippen LogP contribution in [0.1, 0.15) is 30.6 Å². The van der Waals surface area contributed by atoms with Crippen LogP contribution in [0.3, 0.4) is 0 Å². The van der Waals surface area contributed by atoms with Crippen LogP contribution in [0.25, 0.3) is 0 Å². The molecular formula is C20H24F3N3O4. The Balaban J connectivity index is 1.24. The first-order chi connectivity index (χ1) is 14.2. The third-order valence-corrected chi connectivity index (χ3v) is 5.82. The van der Waals surface area contributed by atoms with E-state index in [0.717, 1.165) is 12.1 Å². The minimum atomic E-state index is -4.36. The summed E-state index contributed by atoms with van der Waals surface area (Å²) in [7, 11) is 0. The number of morpholine rings is 1. The number of carbonyl (C=O) groups excluding carboxylic acids is 2. The predicted molar refractivity (Wildman–Crippen MR) is 99.6 cm³/mol. The molecule has 0 spiro atoms. The number of urea groups is 1. The molecule has 1 aromatic rings. The fraction of sp³-hybridized carbons (Fsp3) is 0.600. The molecule has 3 saturated heterocycles. The van der Waals surface area contributed by atoms with E-state index in [2.05, 4.69) is 5.32 Å². The summed E-state index contributed by atoms with van der Waals surface area (Å²) >= 11 is 0. The van der Waals surface area contributed by atoms with Gasteiger partial charge >= 0.3 is 12.2 Å². The van der Waals surface area contributed by atoms with E-state index in [1.54, 1.807) is 16.7 Å². The molecule has 1 aromatic carbocycles. The van der Waals surface area contributed by atoms with Gasteiger partial charge in [-0.25, -0.2) is 4.79 Å². The third-order valence-electron chi connectivity index (χ3n) is 5.82. The van der Waals surface area contributed by atoms with Crippen molar-refractivity contribution < 1.29 is 32.2 Å². The molecule has 3 heterocycles. The molecular weight excluding hydrogens is 403 g/mol. The Morgan fingerprint density at radius 3 is 2.57 bits per heavy atom. The number of likely N-dealkylation sites (tertiary alicyclic amines) is 2. The molecule has 3 atom stereocenters. The molecule has 0 aromatic heterocycles. The average Bonchev–Trinajstić information content (AvgIpc) is 2.68. The van der Waals surface area contributed by atoms with Crippen molar-refractivity contribution in [2.75, 3.05) is 32.8 Å². The number of alkyl halides is 3. The highest BCUT2D eigenvalue weighted by Gasteiger charge is 2.40. The molecule has 30 heavy (non-hydrogen) atoms. The summed E-state index contributed by atoms with van der Waals surface area (Å²) in [6, 6.07) is 4.64. The van der Waals surface area contributed by atoms with E-state index in [1.807, 2.05) is 0 Å². The number of carbonyl (C=O) groups is 2. The van der Waals surface area contributed by atoms with Crippen molar-refractivity contribution in [2.24, 2.45) is 0 Å². The second-order valence-electron chi connectivity index (χ2n) is 7.97. The summed E-state index contributed by atoms with van der Waals surface area (Å²) in [6.45, 7) is 3.69. The van der Waals surface area contributed by atoms with Crippen LogP contribution in [-0.2, 0) is 20.4 Å². The van der Waals surface area contributed by atoms with E-state index in [4.69, 9.17) is 9.47 Å². The highest BCUT2D eigenvalue weighted by atomic mass is 19.4. The first-order valence-corrected chi connectivity index (χ1v) is 9.98. The lowest BCUT2D eigenvalue weighted by Gasteiger charge is -2.46. The summed E-state index contributed by atoms with van der Waals surface area (Å²) in [5, 5.41) is 2.87. The van der Waals surface area contributed by atoms with Crippen molar-refractivity contribution in [3.63, 3.8) is 0 Å². The molecule has 3 aliphatic rings. The molecule has 10 heteroatoms. The number of rotatable bonds is 3. The second kappa shape index (κ2) is 8.07. The molecule has 3 fully saturated rings. The number of hydrogen-bond acceptors (Lipinski definition) is 4. The summed E-state index contributed by atoms with van der Waals surface area (Å²) in [5.41, 5.74) is -0.0370. The van der Waals surface area contributed by atoms with Crippen LogP contribution < -0.4 is 5.32 Å². The van der Waals surface area contributed by atoms with Gasteiger partial charge < -0.3 is 24.6 Å². The monoisotopic (exact) mass is 427 g/mol. The number of ether oxygens (including phenoxy) is 2. The first-order valence-electron chi connectivity index (χ1n) is 9.98. The zero-order valence-electron chi connectivity index (χ0n) is 16.5. The number of nitrogens with one attached hydrogen (secondary N) is 1. The number of fused-ring (bicyclic) bond motifs is 1. The van der Waals surface area contributed by atoms with Crippen molar-refractivity contribution in [3.05, 3.63) is 35.4 Å². The maximum Gasteiger partial charge on any atom is 0.416 e. The van der Waals surface area contributed by atoms with Crippen LogP contribution in [0.2, 0.25) is 0 Å². The molecule has 3 aliphatic heterocycles. The summed E-state index contributed by atoms with van der Waals surface area (Å²) in [6.07, 6.45) is -4.28. The predicted octanol–water partition coefficient (Wildman–Crippen LogP) is 2.18. The van der Waals surface area contributed by atoms with Crippen molar-refractivity contribution >= 4 is 11.9 Å². The average molecular weight is 427 g/mol. The normalized spacial score (nSPS) is 25.9. The lowest BCUT2D eigenvalue weighted by Crippen LogP contribution is -2.65. The van der Waals surface area contributed by atoms with Gasteiger partial charge in [0.05, 0.1) is 43.0 Å². The lowest BCUT2D eigenvalue weighted by atomic mass is 10.0. The van der Waals surface area contributed by atoms with Crippen molar-refractivity contribution in [2.45, 2.75) is 43.9 Å². The minimum Gasteiger partial charge on any atom is -0.367 e. The van der Waals surface area contributed by atoms with E-state index < -0.39 is 11.7 Å². The molecule has 3 amide bonds. The summed E-state index contributed by atoms with van der Waals surface area (Å²) in [5.74, 6) is -0.166. The van der Waals surface area contributed by atoms with E-state index in [1.165, 1.54) is 12.1 Å². The van der Waals surface area contributed by atoms with Gasteiger partial charge in [-0.1, -0.05) is 12.1 Å². The number of nitrogens with zero attached hydrogens (tertiary/aromatic N) is 2. The standard InChI is InChI=1S/C20H24F3N3O4/c1-12(13-2-4-14(5-3-13)20(21,22)23)30-15-8-26(9-15)19(28)25-7-6-17-16(10-25)24-18(27)11-29-17/h2-5,12,15-17H,6-11H2,1H3,(H,24,27)/t12-,16+,17-/m0/s1. The smallest absolute Gasteiger partial charge is 0.367 e. The molecule has 1 N–H and O–H groups in total. The number of benzene rings is 1. The molecule has 0 saturated carbocycles. The molecule has 0 aliphatic carbocycles. The van der Waals surface area contributed by atoms with Crippen molar-refractivity contribution in [3.8, 4) is 0 Å². The third kappa shape index (κ3) is 4.39. The number of piperidine rings is 1. The van der Waals surface area contributed by atoms with E-state index >= 15 is 0 Å². The zero-order valence-corrected chi connectivity index (χ0v) is 16.5. The highest BCUT2D eigenvalue weighted by Crippen LogP contribution is 2.31. The van der Waals surface area contributed by atoms with E-state index in [9.17, 15) is 22.8 Å². The molecule has 7 nitrogen and oxygen atoms in total. The summed E-state index contributed by atoms with van der Waals surface area (Å²) in [4.78, 5) is 27.6. The molecule has 164 valence electrons. The van der Waals surface area contributed by atoms with Crippen LogP contribution in [0.4, 0.5) is 18.0 Å². The van der Waals surface area contributed by atoms with Gasteiger partial charge in [-0.2, -0.15) is 13.2 Å². The van der Waals surface area contributed by atoms with Crippen LogP contribution in [0, 0.1) is 0 Å². The van der Waals surface area contributed by atoms with Gasteiger partial charge in [-0.3, -0.25) is 4.79 Å². The maximum atomic E-state index is 12.7. The number of halogens is 3. The van der Waals surface area contributed by atoms with Crippen LogP contribution in [0.15, 0.2) is 24.3 Å². The Hall–Kier alpha value is -2.33. The Morgan fingerprint density at radius 2 is 1.90 bits per heavy atom. The molecule has 0 radical (unpaired) electrons. The Kier molecular flexibility index (Phi) is 5.63. The zero-order chi connectivity index (χ0) is 21.5. The van der Waals surface area contributed by atoms with Crippen molar-refractivity contribution in [1.29, 1.82) is 0 Å². The van der Waals surface area contributed by atoms with Gasteiger partial charge in [-0.05, 0) is 31.0 Å². The molecule has 0 unspecified atom stereocenters. The largest absolute Gasteiger partial charge is 0.416 e. The van der Waals surface area contributed by atoms with Gasteiger partial charge in [0, 0.05) is 13.1 Å². The van der Waals surface area contributed by atoms with Gasteiger partial charge in [0.15, 0.2) is 0 Å². The Labute approximate surface area is 172 Å². The lowest BCUT2D eigenvalue weighted by molar-refractivity contribution is -0.140. The topological polar surface area (TPSA) is 71.1 Å². The fourth-order valence-corrected chi connectivity index (χ4v) is 4.06. The minimum absolute atomic E-state index is 0.0520. The van der Waals surface area contributed by atoms with Crippen LogP contribution in [0.5, 0.6) is 0 Å². The molecule has 0 bridgehead atoms. The van der Waals surface area contributed by atoms with E-state index in [0.29, 0.717) is 38.2 Å². The fourth-order valence-electron chi connectivity index (χ4n) is 4.06. The number of amides is 3. The van der Waals surface area contributed by atoms with Gasteiger partial charge in [-0.15, -0.1) is 0 Å². The summed E-state index contributed by atoms with van der Waals surface area (Å²) < 4.78 is 49.4. The second-order valence-corrected chi connectivity index (χ2v) is 7.97. The quantitative estimate of drug-likeness (QED) is 0.803. The van der Waals surface area contributed by atoms with Crippen LogP contribution in [-0.4, -0.2) is 72.8 Å². The number of hydrogen-bond donors (Lipinski definition) is 1. The SMILES string of the molecule is C[C@H](OC1CN(C(=O)N2CC[C@@H]3OCC(=O)N[C@@H]3C2)C1)c1ccc(C(F)(F)F)cc1.